The Bertz CT molecular complexity index is 1540. The van der Waals surface area contributed by atoms with E-state index >= 15 is 0 Å². The first-order valence-electron chi connectivity index (χ1n) is 13.8. The summed E-state index contributed by atoms with van der Waals surface area (Å²) in [6, 6.07) is 14.1. The summed E-state index contributed by atoms with van der Waals surface area (Å²) in [5, 5.41) is 15.3. The molecule has 1 N–H and O–H groups in total. The Hall–Kier alpha value is -4.25. The van der Waals surface area contributed by atoms with Crippen molar-refractivity contribution in [1.82, 2.24) is 24.4 Å². The van der Waals surface area contributed by atoms with Gasteiger partial charge in [-0.2, -0.15) is 0 Å². The molecule has 11 heteroatoms. The van der Waals surface area contributed by atoms with Gasteiger partial charge in [-0.25, -0.2) is 15.0 Å². The summed E-state index contributed by atoms with van der Waals surface area (Å²) in [5.74, 6) is 1.61. The fourth-order valence-corrected chi connectivity index (χ4v) is 5.75. The number of benzene rings is 2. The van der Waals surface area contributed by atoms with Crippen LogP contribution in [0.1, 0.15) is 38.1 Å². The maximum atomic E-state index is 12.2. The number of para-hydroxylation sites is 2. The molecule has 2 aliphatic rings. The van der Waals surface area contributed by atoms with Gasteiger partial charge in [0.2, 0.25) is 5.95 Å². The van der Waals surface area contributed by atoms with Crippen LogP contribution in [0.2, 0.25) is 0 Å². The summed E-state index contributed by atoms with van der Waals surface area (Å²) >= 11 is 0. The van der Waals surface area contributed by atoms with Gasteiger partial charge >= 0.3 is 0 Å². The zero-order valence-corrected chi connectivity index (χ0v) is 23.1. The van der Waals surface area contributed by atoms with Crippen molar-refractivity contribution in [2.75, 3.05) is 44.5 Å². The molecule has 0 radical (unpaired) electrons. The molecule has 208 valence electrons. The van der Waals surface area contributed by atoms with Crippen LogP contribution in [0.3, 0.4) is 0 Å². The first kappa shape index (κ1) is 26.0. The standard InChI is InChI=1S/C29H34N8O3/c1-34(2)19-12-15-35(16-13-19)25-18-27(40-3)23(17-26(25)37(38)39)33-29-30-14-11-22(32-29)28-31-21-9-4-5-10-24(21)36(28)20-7-6-8-20/h4-5,9-11,14,17-20H,6-8,12-13,15-16H2,1-3H3,(H,30,32,33). The van der Waals surface area contributed by atoms with Crippen LogP contribution < -0.4 is 15.0 Å². The van der Waals surface area contributed by atoms with Crippen LogP contribution in [-0.4, -0.2) is 69.7 Å². The van der Waals surface area contributed by atoms with E-state index in [2.05, 4.69) is 44.8 Å². The number of piperidine rings is 1. The van der Waals surface area contributed by atoms with Crippen molar-refractivity contribution in [3.8, 4) is 17.3 Å². The molecule has 2 aromatic carbocycles. The summed E-state index contributed by atoms with van der Waals surface area (Å²) in [4.78, 5) is 30.2. The second-order valence-electron chi connectivity index (χ2n) is 10.7. The summed E-state index contributed by atoms with van der Waals surface area (Å²) in [6.45, 7) is 1.49. The molecule has 1 saturated carbocycles. The lowest BCUT2D eigenvalue weighted by molar-refractivity contribution is -0.384. The van der Waals surface area contributed by atoms with Crippen molar-refractivity contribution in [3.63, 3.8) is 0 Å². The van der Waals surface area contributed by atoms with Crippen molar-refractivity contribution in [3.05, 3.63) is 58.8 Å². The van der Waals surface area contributed by atoms with Crippen LogP contribution in [0.15, 0.2) is 48.7 Å². The van der Waals surface area contributed by atoms with Gasteiger partial charge < -0.3 is 24.4 Å². The number of nitrogens with zero attached hydrogens (tertiary/aromatic N) is 7. The molecule has 0 amide bonds. The Morgan fingerprint density at radius 1 is 1.07 bits per heavy atom. The number of aromatic nitrogens is 4. The Labute approximate surface area is 233 Å². The number of nitro groups is 1. The minimum Gasteiger partial charge on any atom is -0.494 e. The Morgan fingerprint density at radius 2 is 1.85 bits per heavy atom. The maximum Gasteiger partial charge on any atom is 0.294 e. The van der Waals surface area contributed by atoms with Gasteiger partial charge in [-0.1, -0.05) is 12.1 Å². The fourth-order valence-electron chi connectivity index (χ4n) is 5.75. The van der Waals surface area contributed by atoms with Gasteiger partial charge in [0.25, 0.3) is 5.69 Å². The molecular weight excluding hydrogens is 508 g/mol. The Kier molecular flexibility index (Phi) is 6.97. The number of nitrogens with one attached hydrogen (secondary N) is 1. The Balaban J connectivity index is 1.33. The highest BCUT2D eigenvalue weighted by Gasteiger charge is 2.29. The predicted octanol–water partition coefficient (Wildman–Crippen LogP) is 5.41. The van der Waals surface area contributed by atoms with Gasteiger partial charge in [0, 0.05) is 43.5 Å². The van der Waals surface area contributed by atoms with E-state index in [4.69, 9.17) is 14.7 Å². The van der Waals surface area contributed by atoms with Crippen LogP contribution >= 0.6 is 0 Å². The molecule has 0 atom stereocenters. The number of hydrogen-bond acceptors (Lipinski definition) is 9. The lowest BCUT2D eigenvalue weighted by Crippen LogP contribution is -2.42. The van der Waals surface area contributed by atoms with Gasteiger partial charge in [-0.15, -0.1) is 0 Å². The fraction of sp³-hybridized carbons (Fsp3) is 0.414. The van der Waals surface area contributed by atoms with Crippen LogP contribution in [0.5, 0.6) is 5.75 Å². The molecule has 4 aromatic rings. The van der Waals surface area contributed by atoms with Crippen molar-refractivity contribution in [1.29, 1.82) is 0 Å². The normalized spacial score (nSPS) is 16.4. The quantitative estimate of drug-likeness (QED) is 0.231. The van der Waals surface area contributed by atoms with Crippen LogP contribution in [-0.2, 0) is 0 Å². The van der Waals surface area contributed by atoms with Gasteiger partial charge in [0.05, 0.1) is 28.8 Å². The number of rotatable bonds is 8. The Morgan fingerprint density at radius 3 is 2.52 bits per heavy atom. The van der Waals surface area contributed by atoms with E-state index in [1.807, 2.05) is 24.3 Å². The van der Waals surface area contributed by atoms with Crippen molar-refractivity contribution >= 4 is 34.0 Å². The first-order chi connectivity index (χ1) is 19.4. The molecule has 3 heterocycles. The zero-order chi connectivity index (χ0) is 27.8. The third-order valence-corrected chi connectivity index (χ3v) is 8.20. The molecule has 2 fully saturated rings. The highest BCUT2D eigenvalue weighted by molar-refractivity contribution is 5.81. The number of imidazole rings is 1. The molecule has 6 rings (SSSR count). The van der Waals surface area contributed by atoms with E-state index in [0.29, 0.717) is 40.9 Å². The smallest absolute Gasteiger partial charge is 0.294 e. The molecule has 40 heavy (non-hydrogen) atoms. The summed E-state index contributed by atoms with van der Waals surface area (Å²) in [7, 11) is 5.71. The molecular formula is C29H34N8O3. The third-order valence-electron chi connectivity index (χ3n) is 8.20. The number of ether oxygens (including phenoxy) is 1. The molecule has 0 unspecified atom stereocenters. The van der Waals surface area contributed by atoms with Gasteiger partial charge in [-0.05, 0) is 64.4 Å². The average Bonchev–Trinajstić information content (AvgIpc) is 3.31. The molecule has 1 aliphatic carbocycles. The minimum absolute atomic E-state index is 0.0227. The van der Waals surface area contributed by atoms with Crippen LogP contribution in [0, 0.1) is 10.1 Å². The van der Waals surface area contributed by atoms with Crippen molar-refractivity contribution in [2.45, 2.75) is 44.2 Å². The number of nitro benzene ring substituents is 1. The molecule has 0 bridgehead atoms. The second-order valence-corrected chi connectivity index (χ2v) is 10.7. The van der Waals surface area contributed by atoms with Gasteiger partial charge in [-0.3, -0.25) is 10.1 Å². The predicted molar refractivity (Wildman–Crippen MR) is 156 cm³/mol. The SMILES string of the molecule is COc1cc(N2CCC(N(C)C)CC2)c([N+](=O)[O-])cc1Nc1nccc(-c2nc3ccccc3n2C2CCC2)n1. The molecule has 1 saturated heterocycles. The highest BCUT2D eigenvalue weighted by atomic mass is 16.6. The first-order valence-corrected chi connectivity index (χ1v) is 13.8. The zero-order valence-electron chi connectivity index (χ0n) is 23.1. The summed E-state index contributed by atoms with van der Waals surface area (Å²) in [5.41, 5.74) is 3.74. The number of anilines is 3. The van der Waals surface area contributed by atoms with E-state index in [1.165, 1.54) is 12.5 Å². The van der Waals surface area contributed by atoms with Crippen molar-refractivity contribution in [2.24, 2.45) is 0 Å². The average molecular weight is 543 g/mol. The minimum atomic E-state index is -0.337. The van der Waals surface area contributed by atoms with Gasteiger partial charge in [0.1, 0.15) is 17.1 Å². The topological polar surface area (TPSA) is 114 Å². The number of hydrogen-bond donors (Lipinski definition) is 1. The molecule has 0 spiro atoms. The second kappa shape index (κ2) is 10.7. The largest absolute Gasteiger partial charge is 0.494 e. The molecule has 2 aromatic heterocycles. The van der Waals surface area contributed by atoms with Crippen LogP contribution in [0.25, 0.3) is 22.6 Å². The number of fused-ring (bicyclic) bond motifs is 1. The summed E-state index contributed by atoms with van der Waals surface area (Å²) in [6.07, 6.45) is 7.00. The maximum absolute atomic E-state index is 12.2. The monoisotopic (exact) mass is 542 g/mol. The lowest BCUT2D eigenvalue weighted by Gasteiger charge is -2.36. The summed E-state index contributed by atoms with van der Waals surface area (Å²) < 4.78 is 7.96. The third kappa shape index (κ3) is 4.81. The van der Waals surface area contributed by atoms with Crippen molar-refractivity contribution < 1.29 is 9.66 Å². The van der Waals surface area contributed by atoms with Gasteiger partial charge in [0.15, 0.2) is 5.82 Å². The molecule has 11 nitrogen and oxygen atoms in total. The highest BCUT2D eigenvalue weighted by Crippen LogP contribution is 2.41. The van der Waals surface area contributed by atoms with E-state index < -0.39 is 0 Å². The van der Waals surface area contributed by atoms with Crippen LogP contribution in [0.4, 0.5) is 23.0 Å². The van der Waals surface area contributed by atoms with E-state index in [-0.39, 0.29) is 10.6 Å². The number of methoxy groups -OCH3 is 1. The lowest BCUT2D eigenvalue weighted by atomic mass is 9.92. The van der Waals surface area contributed by atoms with E-state index in [0.717, 1.165) is 55.6 Å². The van der Waals surface area contributed by atoms with E-state index in [9.17, 15) is 10.1 Å². The van der Waals surface area contributed by atoms with E-state index in [1.54, 1.807) is 19.4 Å². The molecule has 1 aliphatic heterocycles.